The third-order valence-electron chi connectivity index (χ3n) is 4.14. The van der Waals surface area contributed by atoms with Crippen LogP contribution in [0.3, 0.4) is 0 Å². The summed E-state index contributed by atoms with van der Waals surface area (Å²) in [5.74, 6) is -2.56. The van der Waals surface area contributed by atoms with Gasteiger partial charge in [-0.3, -0.25) is 14.4 Å². The summed E-state index contributed by atoms with van der Waals surface area (Å²) >= 11 is 0. The molecule has 6 nitrogen and oxygen atoms in total. The summed E-state index contributed by atoms with van der Waals surface area (Å²) in [5.41, 5.74) is 0.185. The fourth-order valence-electron chi connectivity index (χ4n) is 2.85. The summed E-state index contributed by atoms with van der Waals surface area (Å²) in [5, 5.41) is 8.03. The van der Waals surface area contributed by atoms with Crippen molar-refractivity contribution < 1.29 is 23.2 Å². The van der Waals surface area contributed by atoms with Gasteiger partial charge < -0.3 is 16.0 Å². The standard InChI is InChI=1S/C18H23F2N3O3/c1-11(18(26)23-15-4-2-3-5-21-16(24)10-15)22-17(25)8-12-6-13(19)9-14(20)7-12/h6-7,9,11,15H,2-5,8,10H2,1H3,(H,21,24)(H,22,25)(H,23,26)/t11-,15?/m0/s1. The fourth-order valence-corrected chi connectivity index (χ4v) is 2.85. The molecule has 0 spiro atoms. The van der Waals surface area contributed by atoms with E-state index < -0.39 is 29.5 Å². The zero-order valence-electron chi connectivity index (χ0n) is 14.6. The van der Waals surface area contributed by atoms with Crippen LogP contribution in [0.2, 0.25) is 0 Å². The van der Waals surface area contributed by atoms with Crippen LogP contribution < -0.4 is 16.0 Å². The Morgan fingerprint density at radius 1 is 1.23 bits per heavy atom. The number of benzene rings is 1. The topological polar surface area (TPSA) is 87.3 Å². The SMILES string of the molecule is C[C@H](NC(=O)Cc1cc(F)cc(F)c1)C(=O)NC1CCCCNC(=O)C1. The number of hydrogen-bond donors (Lipinski definition) is 3. The Balaban J connectivity index is 1.85. The van der Waals surface area contributed by atoms with Crippen molar-refractivity contribution in [3.63, 3.8) is 0 Å². The van der Waals surface area contributed by atoms with Gasteiger partial charge in [-0.25, -0.2) is 8.78 Å². The van der Waals surface area contributed by atoms with Crippen molar-refractivity contribution in [2.24, 2.45) is 0 Å². The highest BCUT2D eigenvalue weighted by molar-refractivity contribution is 5.88. The van der Waals surface area contributed by atoms with E-state index in [0.717, 1.165) is 31.0 Å². The number of carbonyl (C=O) groups excluding carboxylic acids is 3. The van der Waals surface area contributed by atoms with E-state index >= 15 is 0 Å². The van der Waals surface area contributed by atoms with E-state index in [1.165, 1.54) is 6.92 Å². The first-order chi connectivity index (χ1) is 12.3. The smallest absolute Gasteiger partial charge is 0.242 e. The van der Waals surface area contributed by atoms with Crippen LogP contribution in [0.1, 0.15) is 38.2 Å². The van der Waals surface area contributed by atoms with Crippen LogP contribution >= 0.6 is 0 Å². The fraction of sp³-hybridized carbons (Fsp3) is 0.500. The normalized spacial score (nSPS) is 18.9. The van der Waals surface area contributed by atoms with Crippen molar-refractivity contribution in [1.82, 2.24) is 16.0 Å². The van der Waals surface area contributed by atoms with E-state index in [0.29, 0.717) is 13.0 Å². The monoisotopic (exact) mass is 367 g/mol. The Morgan fingerprint density at radius 3 is 2.62 bits per heavy atom. The van der Waals surface area contributed by atoms with E-state index in [2.05, 4.69) is 16.0 Å². The van der Waals surface area contributed by atoms with Crippen molar-refractivity contribution in [3.05, 3.63) is 35.4 Å². The summed E-state index contributed by atoms with van der Waals surface area (Å²) in [6.45, 7) is 2.16. The lowest BCUT2D eigenvalue weighted by atomic mass is 10.0. The molecule has 2 rings (SSSR count). The summed E-state index contributed by atoms with van der Waals surface area (Å²) in [7, 11) is 0. The molecular formula is C18H23F2N3O3. The van der Waals surface area contributed by atoms with Crippen LogP contribution in [-0.2, 0) is 20.8 Å². The third kappa shape index (κ3) is 6.42. The summed E-state index contributed by atoms with van der Waals surface area (Å²) in [6, 6.07) is 1.76. The lowest BCUT2D eigenvalue weighted by Gasteiger charge is -2.23. The summed E-state index contributed by atoms with van der Waals surface area (Å²) < 4.78 is 26.3. The minimum absolute atomic E-state index is 0.111. The Bertz CT molecular complexity index is 661. The molecule has 1 aliphatic heterocycles. The quantitative estimate of drug-likeness (QED) is 0.731. The van der Waals surface area contributed by atoms with Crippen LogP contribution in [0.4, 0.5) is 8.78 Å². The van der Waals surface area contributed by atoms with Gasteiger partial charge in [-0.2, -0.15) is 0 Å². The first-order valence-electron chi connectivity index (χ1n) is 8.65. The van der Waals surface area contributed by atoms with Crippen molar-refractivity contribution in [3.8, 4) is 0 Å². The van der Waals surface area contributed by atoms with Gasteiger partial charge in [0.25, 0.3) is 0 Å². The van der Waals surface area contributed by atoms with Gasteiger partial charge in [0.15, 0.2) is 0 Å². The second kappa shape index (κ2) is 9.26. The van der Waals surface area contributed by atoms with Crippen LogP contribution in [-0.4, -0.2) is 36.3 Å². The molecule has 26 heavy (non-hydrogen) atoms. The molecule has 2 atom stereocenters. The van der Waals surface area contributed by atoms with Crippen LogP contribution in [0, 0.1) is 11.6 Å². The third-order valence-corrected chi connectivity index (χ3v) is 4.14. The average Bonchev–Trinajstić information content (AvgIpc) is 2.50. The van der Waals surface area contributed by atoms with Crippen LogP contribution in [0.5, 0.6) is 0 Å². The highest BCUT2D eigenvalue weighted by Crippen LogP contribution is 2.10. The van der Waals surface area contributed by atoms with E-state index in [1.54, 1.807) is 0 Å². The van der Waals surface area contributed by atoms with Crippen LogP contribution in [0.15, 0.2) is 18.2 Å². The summed E-state index contributed by atoms with van der Waals surface area (Å²) in [4.78, 5) is 35.9. The number of rotatable bonds is 5. The lowest BCUT2D eigenvalue weighted by molar-refractivity contribution is -0.129. The van der Waals surface area contributed by atoms with Crippen molar-refractivity contribution >= 4 is 17.7 Å². The molecule has 142 valence electrons. The van der Waals surface area contributed by atoms with E-state index in [1.807, 2.05) is 0 Å². The molecule has 1 saturated heterocycles. The first kappa shape index (κ1) is 19.8. The number of nitrogens with one attached hydrogen (secondary N) is 3. The molecule has 3 N–H and O–H groups in total. The number of carbonyl (C=O) groups is 3. The molecule has 1 unspecified atom stereocenters. The minimum Gasteiger partial charge on any atom is -0.356 e. The Hall–Kier alpha value is -2.51. The zero-order valence-corrected chi connectivity index (χ0v) is 14.6. The van der Waals surface area contributed by atoms with Gasteiger partial charge in [0.1, 0.15) is 17.7 Å². The highest BCUT2D eigenvalue weighted by Gasteiger charge is 2.22. The largest absolute Gasteiger partial charge is 0.356 e. The maximum atomic E-state index is 13.2. The predicted octanol–water partition coefficient (Wildman–Crippen LogP) is 1.19. The average molecular weight is 367 g/mol. The number of hydrogen-bond acceptors (Lipinski definition) is 3. The van der Waals surface area contributed by atoms with Crippen molar-refractivity contribution in [2.75, 3.05) is 6.54 Å². The molecule has 1 aliphatic rings. The second-order valence-corrected chi connectivity index (χ2v) is 6.50. The van der Waals surface area contributed by atoms with Crippen LogP contribution in [0.25, 0.3) is 0 Å². The van der Waals surface area contributed by atoms with Gasteiger partial charge >= 0.3 is 0 Å². The highest BCUT2D eigenvalue weighted by atomic mass is 19.1. The molecular weight excluding hydrogens is 344 g/mol. The molecule has 8 heteroatoms. The van der Waals surface area contributed by atoms with Gasteiger partial charge in [-0.05, 0) is 43.9 Å². The van der Waals surface area contributed by atoms with E-state index in [-0.39, 0.29) is 30.4 Å². The van der Waals surface area contributed by atoms with Gasteiger partial charge in [-0.15, -0.1) is 0 Å². The number of halogens is 2. The zero-order chi connectivity index (χ0) is 19.1. The maximum Gasteiger partial charge on any atom is 0.242 e. The molecule has 1 fully saturated rings. The summed E-state index contributed by atoms with van der Waals surface area (Å²) in [6.07, 6.45) is 2.40. The molecule has 0 aliphatic carbocycles. The Labute approximate surface area is 150 Å². The predicted molar refractivity (Wildman–Crippen MR) is 91.1 cm³/mol. The molecule has 0 bridgehead atoms. The molecule has 3 amide bonds. The molecule has 0 aromatic heterocycles. The van der Waals surface area contributed by atoms with Gasteiger partial charge in [0.2, 0.25) is 17.7 Å². The number of amides is 3. The molecule has 0 radical (unpaired) electrons. The molecule has 1 heterocycles. The first-order valence-corrected chi connectivity index (χ1v) is 8.65. The van der Waals surface area contributed by atoms with Gasteiger partial charge in [-0.1, -0.05) is 0 Å². The molecule has 1 aromatic rings. The molecule has 0 saturated carbocycles. The van der Waals surface area contributed by atoms with Gasteiger partial charge in [0, 0.05) is 25.1 Å². The lowest BCUT2D eigenvalue weighted by Crippen LogP contribution is -2.49. The van der Waals surface area contributed by atoms with E-state index in [4.69, 9.17) is 0 Å². The van der Waals surface area contributed by atoms with E-state index in [9.17, 15) is 23.2 Å². The molecule has 1 aromatic carbocycles. The Kier molecular flexibility index (Phi) is 7.06. The van der Waals surface area contributed by atoms with Crippen molar-refractivity contribution in [2.45, 2.75) is 51.1 Å². The van der Waals surface area contributed by atoms with Crippen molar-refractivity contribution in [1.29, 1.82) is 0 Å². The second-order valence-electron chi connectivity index (χ2n) is 6.50. The maximum absolute atomic E-state index is 13.2. The Morgan fingerprint density at radius 2 is 1.92 bits per heavy atom. The van der Waals surface area contributed by atoms with Gasteiger partial charge in [0.05, 0.1) is 6.42 Å². The minimum atomic E-state index is -0.825.